The van der Waals surface area contributed by atoms with Crippen LogP contribution in [-0.4, -0.2) is 43.2 Å². The maximum absolute atomic E-state index is 12.8. The third-order valence-electron chi connectivity index (χ3n) is 3.01. The van der Waals surface area contributed by atoms with Gasteiger partial charge in [0.2, 0.25) is 5.91 Å². The fourth-order valence-electron chi connectivity index (χ4n) is 1.98. The molecule has 1 heterocycles. The topological polar surface area (TPSA) is 55.6 Å². The number of carbonyl (C=O) groups is 1. The van der Waals surface area contributed by atoms with Crippen molar-refractivity contribution < 1.29 is 13.9 Å². The molecule has 98 valence electrons. The number of nitrogens with two attached hydrogens (primary N) is 1. The van der Waals surface area contributed by atoms with Crippen LogP contribution in [0.4, 0.5) is 4.39 Å². The van der Waals surface area contributed by atoms with Crippen LogP contribution in [0.3, 0.4) is 0 Å². The van der Waals surface area contributed by atoms with Crippen LogP contribution >= 0.6 is 0 Å². The molecule has 0 aromatic heterocycles. The van der Waals surface area contributed by atoms with Gasteiger partial charge in [0.15, 0.2) is 0 Å². The molecule has 1 aliphatic heterocycles. The highest BCUT2D eigenvalue weighted by Crippen LogP contribution is 2.07. The summed E-state index contributed by atoms with van der Waals surface area (Å²) in [5.41, 5.74) is 6.76. The first kappa shape index (κ1) is 13.0. The monoisotopic (exact) mass is 252 g/mol. The van der Waals surface area contributed by atoms with Crippen molar-refractivity contribution in [2.45, 2.75) is 12.5 Å². The molecule has 1 aliphatic rings. The summed E-state index contributed by atoms with van der Waals surface area (Å²) in [7, 11) is 0. The lowest BCUT2D eigenvalue weighted by atomic mass is 10.1. The molecule has 1 fully saturated rings. The zero-order valence-corrected chi connectivity index (χ0v) is 10.1. The number of halogens is 1. The van der Waals surface area contributed by atoms with Gasteiger partial charge in [-0.05, 0) is 24.1 Å². The van der Waals surface area contributed by atoms with Crippen molar-refractivity contribution in [1.29, 1.82) is 0 Å². The van der Waals surface area contributed by atoms with E-state index in [2.05, 4.69) is 0 Å². The number of ether oxygens (including phenoxy) is 1. The molecule has 0 saturated carbocycles. The highest BCUT2D eigenvalue weighted by atomic mass is 19.1. The predicted octanol–water partition coefficient (Wildman–Crippen LogP) is 0.554. The van der Waals surface area contributed by atoms with Gasteiger partial charge in [0.05, 0.1) is 19.3 Å². The summed E-state index contributed by atoms with van der Waals surface area (Å²) in [5.74, 6) is -0.352. The average Bonchev–Trinajstić information content (AvgIpc) is 2.41. The molecule has 1 atom stereocenters. The Kier molecular flexibility index (Phi) is 4.28. The second-order valence-corrected chi connectivity index (χ2v) is 4.37. The Morgan fingerprint density at radius 2 is 1.94 bits per heavy atom. The number of amides is 1. The van der Waals surface area contributed by atoms with Crippen LogP contribution < -0.4 is 5.73 Å². The highest BCUT2D eigenvalue weighted by molar-refractivity contribution is 5.82. The molecular formula is C13H17FN2O2. The van der Waals surface area contributed by atoms with Gasteiger partial charge in [-0.1, -0.05) is 12.1 Å². The summed E-state index contributed by atoms with van der Waals surface area (Å²) in [4.78, 5) is 13.8. The van der Waals surface area contributed by atoms with E-state index in [1.807, 2.05) is 0 Å². The Hall–Kier alpha value is -1.46. The van der Waals surface area contributed by atoms with Crippen molar-refractivity contribution in [2.24, 2.45) is 5.73 Å². The minimum Gasteiger partial charge on any atom is -0.378 e. The van der Waals surface area contributed by atoms with Crippen molar-refractivity contribution in [2.75, 3.05) is 26.3 Å². The van der Waals surface area contributed by atoms with Gasteiger partial charge >= 0.3 is 0 Å². The maximum atomic E-state index is 12.8. The molecule has 1 aromatic carbocycles. The fraction of sp³-hybridized carbons (Fsp3) is 0.462. The van der Waals surface area contributed by atoms with Crippen molar-refractivity contribution >= 4 is 5.91 Å². The van der Waals surface area contributed by atoms with Crippen LogP contribution in [0.2, 0.25) is 0 Å². The Morgan fingerprint density at radius 1 is 1.33 bits per heavy atom. The molecule has 2 rings (SSSR count). The Labute approximate surface area is 106 Å². The van der Waals surface area contributed by atoms with Crippen LogP contribution in [0.5, 0.6) is 0 Å². The number of morpholine rings is 1. The molecule has 4 nitrogen and oxygen atoms in total. The number of rotatable bonds is 3. The molecule has 0 bridgehead atoms. The predicted molar refractivity (Wildman–Crippen MR) is 65.5 cm³/mol. The largest absolute Gasteiger partial charge is 0.378 e. The van der Waals surface area contributed by atoms with Gasteiger partial charge in [-0.3, -0.25) is 4.79 Å². The van der Waals surface area contributed by atoms with E-state index >= 15 is 0 Å². The highest BCUT2D eigenvalue weighted by Gasteiger charge is 2.22. The van der Waals surface area contributed by atoms with Gasteiger partial charge in [-0.2, -0.15) is 0 Å². The molecule has 18 heavy (non-hydrogen) atoms. The number of nitrogens with zero attached hydrogens (tertiary/aromatic N) is 1. The number of benzene rings is 1. The van der Waals surface area contributed by atoms with E-state index in [0.29, 0.717) is 32.7 Å². The summed E-state index contributed by atoms with van der Waals surface area (Å²) >= 11 is 0. The molecule has 2 N–H and O–H groups in total. The zero-order chi connectivity index (χ0) is 13.0. The van der Waals surface area contributed by atoms with E-state index in [-0.39, 0.29) is 11.7 Å². The van der Waals surface area contributed by atoms with Gasteiger partial charge in [0.1, 0.15) is 5.82 Å². The van der Waals surface area contributed by atoms with E-state index in [0.717, 1.165) is 5.56 Å². The lowest BCUT2D eigenvalue weighted by molar-refractivity contribution is -0.136. The number of carbonyl (C=O) groups excluding carboxylic acids is 1. The fourth-order valence-corrected chi connectivity index (χ4v) is 1.98. The summed E-state index contributed by atoms with van der Waals surface area (Å²) in [6.45, 7) is 2.32. The number of hydrogen-bond acceptors (Lipinski definition) is 3. The van der Waals surface area contributed by atoms with Crippen molar-refractivity contribution in [3.63, 3.8) is 0 Å². The standard InChI is InChI=1S/C13H17FN2O2/c14-11-3-1-10(2-4-11)9-12(15)13(17)16-5-7-18-8-6-16/h1-4,12H,5-9,15H2/t12-/m1/s1. The van der Waals surface area contributed by atoms with Crippen molar-refractivity contribution in [3.8, 4) is 0 Å². The van der Waals surface area contributed by atoms with E-state index in [9.17, 15) is 9.18 Å². The lowest BCUT2D eigenvalue weighted by Crippen LogP contribution is -2.49. The molecule has 1 aromatic rings. The van der Waals surface area contributed by atoms with Gasteiger partial charge in [0, 0.05) is 13.1 Å². The first-order valence-corrected chi connectivity index (χ1v) is 6.03. The van der Waals surface area contributed by atoms with E-state index in [1.54, 1.807) is 17.0 Å². The van der Waals surface area contributed by atoms with Crippen molar-refractivity contribution in [1.82, 2.24) is 4.90 Å². The first-order valence-electron chi connectivity index (χ1n) is 6.03. The quantitative estimate of drug-likeness (QED) is 0.855. The smallest absolute Gasteiger partial charge is 0.239 e. The summed E-state index contributed by atoms with van der Waals surface area (Å²) in [6, 6.07) is 5.49. The normalized spacial score (nSPS) is 17.6. The Balaban J connectivity index is 1.92. The summed E-state index contributed by atoms with van der Waals surface area (Å²) in [6.07, 6.45) is 0.427. The maximum Gasteiger partial charge on any atom is 0.239 e. The second-order valence-electron chi connectivity index (χ2n) is 4.37. The molecule has 5 heteroatoms. The van der Waals surface area contributed by atoms with Gasteiger partial charge < -0.3 is 15.4 Å². The van der Waals surface area contributed by atoms with Crippen LogP contribution in [0.1, 0.15) is 5.56 Å². The van der Waals surface area contributed by atoms with E-state index < -0.39 is 6.04 Å². The summed E-state index contributed by atoms with van der Waals surface area (Å²) < 4.78 is 17.9. The molecule has 0 radical (unpaired) electrons. The molecular weight excluding hydrogens is 235 g/mol. The van der Waals surface area contributed by atoms with Crippen molar-refractivity contribution in [3.05, 3.63) is 35.6 Å². The molecule has 1 amide bonds. The summed E-state index contributed by atoms with van der Waals surface area (Å²) in [5, 5.41) is 0. The van der Waals surface area contributed by atoms with Crippen LogP contribution in [-0.2, 0) is 16.0 Å². The lowest BCUT2D eigenvalue weighted by Gasteiger charge is -2.29. The van der Waals surface area contributed by atoms with Gasteiger partial charge in [-0.15, -0.1) is 0 Å². The number of hydrogen-bond donors (Lipinski definition) is 1. The second kappa shape index (κ2) is 5.93. The Morgan fingerprint density at radius 3 is 2.56 bits per heavy atom. The molecule has 0 aliphatic carbocycles. The Bertz CT molecular complexity index is 402. The SMILES string of the molecule is N[C@H](Cc1ccc(F)cc1)C(=O)N1CCOCC1. The zero-order valence-electron chi connectivity index (χ0n) is 10.1. The van der Waals surface area contributed by atoms with Gasteiger partial charge in [-0.25, -0.2) is 4.39 Å². The van der Waals surface area contributed by atoms with E-state index in [1.165, 1.54) is 12.1 Å². The van der Waals surface area contributed by atoms with Gasteiger partial charge in [0.25, 0.3) is 0 Å². The van der Waals surface area contributed by atoms with Crippen LogP contribution in [0.15, 0.2) is 24.3 Å². The van der Waals surface area contributed by atoms with Crippen LogP contribution in [0, 0.1) is 5.82 Å². The molecule has 0 unspecified atom stereocenters. The van der Waals surface area contributed by atoms with E-state index in [4.69, 9.17) is 10.5 Å². The van der Waals surface area contributed by atoms with Crippen LogP contribution in [0.25, 0.3) is 0 Å². The third kappa shape index (κ3) is 3.27. The third-order valence-corrected chi connectivity index (χ3v) is 3.01. The minimum atomic E-state index is -0.575. The first-order chi connectivity index (χ1) is 8.66. The molecule has 0 spiro atoms. The molecule has 1 saturated heterocycles. The average molecular weight is 252 g/mol. The minimum absolute atomic E-state index is 0.0670.